The predicted molar refractivity (Wildman–Crippen MR) is 123 cm³/mol. The molecule has 2 rings (SSSR count). The van der Waals surface area contributed by atoms with Crippen LogP contribution in [0.2, 0.25) is 5.02 Å². The van der Waals surface area contributed by atoms with Crippen molar-refractivity contribution >= 4 is 17.5 Å². The molecule has 3 nitrogen and oxygen atoms in total. The Morgan fingerprint density at radius 1 is 1.17 bits per heavy atom. The van der Waals surface area contributed by atoms with E-state index in [9.17, 15) is 4.79 Å². The summed E-state index contributed by atoms with van der Waals surface area (Å²) in [6.45, 7) is 14.6. The maximum atomic E-state index is 13.2. The Morgan fingerprint density at radius 3 is 2.52 bits per heavy atom. The van der Waals surface area contributed by atoms with E-state index in [1.807, 2.05) is 18.2 Å². The van der Waals surface area contributed by atoms with E-state index in [1.165, 1.54) is 0 Å². The first-order chi connectivity index (χ1) is 13.6. The number of hydrogen-bond donors (Lipinski definition) is 0. The highest BCUT2D eigenvalue weighted by molar-refractivity contribution is 6.30. The van der Waals surface area contributed by atoms with Crippen LogP contribution >= 0.6 is 11.6 Å². The van der Waals surface area contributed by atoms with E-state index in [4.69, 9.17) is 11.6 Å². The second-order valence-electron chi connectivity index (χ2n) is 9.61. The van der Waals surface area contributed by atoms with Gasteiger partial charge in [0.25, 0.3) is 0 Å². The lowest BCUT2D eigenvalue weighted by molar-refractivity contribution is -0.135. The summed E-state index contributed by atoms with van der Waals surface area (Å²) < 4.78 is 2.22. The number of carbonyl (C=O) groups is 1. The molecule has 160 valence electrons. The molecule has 0 spiro atoms. The Balaban J connectivity index is 2.13. The molecule has 1 heterocycles. The summed E-state index contributed by atoms with van der Waals surface area (Å²) in [6.07, 6.45) is 4.70. The second kappa shape index (κ2) is 10.3. The normalized spacial score (nSPS) is 13.9. The summed E-state index contributed by atoms with van der Waals surface area (Å²) in [4.78, 5) is 15.2. The number of rotatable bonds is 9. The maximum absolute atomic E-state index is 13.2. The molecule has 0 N–H and O–H groups in total. The van der Waals surface area contributed by atoms with Crippen LogP contribution in [0.5, 0.6) is 0 Å². The Morgan fingerprint density at radius 2 is 1.90 bits per heavy atom. The topological polar surface area (TPSA) is 25.2 Å². The Hall–Kier alpha value is -1.74. The number of halogens is 1. The molecule has 0 unspecified atom stereocenters. The Bertz CT molecular complexity index is 790. The van der Waals surface area contributed by atoms with Crippen molar-refractivity contribution in [1.29, 1.82) is 0 Å². The van der Waals surface area contributed by atoms with Crippen molar-refractivity contribution in [3.63, 3.8) is 0 Å². The van der Waals surface area contributed by atoms with Gasteiger partial charge in [0, 0.05) is 35.9 Å². The minimum Gasteiger partial charge on any atom is -0.345 e. The first-order valence-corrected chi connectivity index (χ1v) is 11.1. The van der Waals surface area contributed by atoms with Gasteiger partial charge in [0.05, 0.1) is 6.54 Å². The van der Waals surface area contributed by atoms with E-state index in [2.05, 4.69) is 75.4 Å². The maximum Gasteiger partial charge on any atom is 0.223 e. The van der Waals surface area contributed by atoms with Crippen LogP contribution in [0.1, 0.15) is 72.1 Å². The quantitative estimate of drug-likeness (QED) is 0.442. The first-order valence-electron chi connectivity index (χ1n) is 10.8. The lowest BCUT2D eigenvalue weighted by Crippen LogP contribution is -2.39. The number of aromatic nitrogens is 1. The van der Waals surface area contributed by atoms with Crippen LogP contribution in [0.15, 0.2) is 42.6 Å². The van der Waals surface area contributed by atoms with Gasteiger partial charge >= 0.3 is 0 Å². The van der Waals surface area contributed by atoms with Crippen molar-refractivity contribution in [3.05, 3.63) is 58.9 Å². The van der Waals surface area contributed by atoms with Crippen molar-refractivity contribution in [2.45, 2.75) is 79.9 Å². The minimum atomic E-state index is 0.221. The highest BCUT2D eigenvalue weighted by atomic mass is 35.5. The van der Waals surface area contributed by atoms with Gasteiger partial charge in [-0.05, 0) is 60.9 Å². The molecule has 1 aromatic heterocycles. The van der Waals surface area contributed by atoms with Crippen LogP contribution in [0, 0.1) is 11.3 Å². The summed E-state index contributed by atoms with van der Waals surface area (Å²) in [5.74, 6) is 0.638. The fourth-order valence-electron chi connectivity index (χ4n) is 4.00. The number of hydrogen-bond acceptors (Lipinski definition) is 1. The molecule has 2 aromatic rings. The molecule has 2 atom stereocenters. The number of benzene rings is 1. The standard InChI is InChI=1S/C25H37ClN2O/c1-7-20(3)28(24(29)14-19(2)16-25(4,5)6)18-23-12-9-13-27(23)17-21-10-8-11-22(26)15-21/h8-13,15,19-20H,7,14,16-18H2,1-6H3/t19-,20-/m0/s1. The average molecular weight is 417 g/mol. The Kier molecular flexibility index (Phi) is 8.39. The summed E-state index contributed by atoms with van der Waals surface area (Å²) in [5.41, 5.74) is 2.56. The van der Waals surface area contributed by atoms with Crippen molar-refractivity contribution in [2.75, 3.05) is 0 Å². The van der Waals surface area contributed by atoms with Crippen LogP contribution in [0.3, 0.4) is 0 Å². The zero-order chi connectivity index (χ0) is 21.6. The van der Waals surface area contributed by atoms with E-state index < -0.39 is 0 Å². The van der Waals surface area contributed by atoms with Crippen LogP contribution in [0.25, 0.3) is 0 Å². The molecule has 0 fully saturated rings. The third kappa shape index (κ3) is 7.54. The molecule has 0 saturated carbocycles. The monoisotopic (exact) mass is 416 g/mol. The van der Waals surface area contributed by atoms with E-state index in [0.29, 0.717) is 18.9 Å². The first kappa shape index (κ1) is 23.5. The predicted octanol–water partition coefficient (Wildman–Crippen LogP) is 6.78. The molecule has 0 aliphatic carbocycles. The SMILES string of the molecule is CC[C@H](C)N(Cc1cccn1Cc1cccc(Cl)c1)C(=O)C[C@H](C)CC(C)(C)C. The summed E-state index contributed by atoms with van der Waals surface area (Å²) in [7, 11) is 0. The van der Waals surface area contributed by atoms with Gasteiger partial charge in [0.2, 0.25) is 5.91 Å². The zero-order valence-electron chi connectivity index (χ0n) is 18.9. The number of nitrogens with zero attached hydrogens (tertiary/aromatic N) is 2. The van der Waals surface area contributed by atoms with Crippen molar-refractivity contribution in [2.24, 2.45) is 11.3 Å². The largest absolute Gasteiger partial charge is 0.345 e. The van der Waals surface area contributed by atoms with Crippen LogP contribution < -0.4 is 0 Å². The van der Waals surface area contributed by atoms with Gasteiger partial charge < -0.3 is 9.47 Å². The third-order valence-electron chi connectivity index (χ3n) is 5.42. The molecular formula is C25H37ClN2O. The van der Waals surface area contributed by atoms with E-state index in [0.717, 1.165) is 35.7 Å². The molecular weight excluding hydrogens is 380 g/mol. The van der Waals surface area contributed by atoms with Crippen LogP contribution in [0.4, 0.5) is 0 Å². The van der Waals surface area contributed by atoms with Gasteiger partial charge in [-0.25, -0.2) is 0 Å². The highest BCUT2D eigenvalue weighted by Crippen LogP contribution is 2.27. The summed E-state index contributed by atoms with van der Waals surface area (Å²) in [6, 6.07) is 12.3. The lowest BCUT2D eigenvalue weighted by atomic mass is 9.84. The van der Waals surface area contributed by atoms with Crippen LogP contribution in [-0.4, -0.2) is 21.4 Å². The highest BCUT2D eigenvalue weighted by Gasteiger charge is 2.24. The molecule has 29 heavy (non-hydrogen) atoms. The van der Waals surface area contributed by atoms with Gasteiger partial charge in [0.1, 0.15) is 0 Å². The molecule has 0 aliphatic rings. The minimum absolute atomic E-state index is 0.221. The van der Waals surface area contributed by atoms with E-state index >= 15 is 0 Å². The molecule has 0 aliphatic heterocycles. The summed E-state index contributed by atoms with van der Waals surface area (Å²) >= 11 is 6.14. The van der Waals surface area contributed by atoms with E-state index in [-0.39, 0.29) is 17.4 Å². The summed E-state index contributed by atoms with van der Waals surface area (Å²) in [5, 5.41) is 0.750. The average Bonchev–Trinajstić information content (AvgIpc) is 3.04. The van der Waals surface area contributed by atoms with Gasteiger partial charge in [-0.3, -0.25) is 4.79 Å². The van der Waals surface area contributed by atoms with Crippen molar-refractivity contribution in [3.8, 4) is 0 Å². The zero-order valence-corrected chi connectivity index (χ0v) is 19.7. The van der Waals surface area contributed by atoms with Crippen molar-refractivity contribution < 1.29 is 4.79 Å². The lowest BCUT2D eigenvalue weighted by Gasteiger charge is -2.31. The second-order valence-corrected chi connectivity index (χ2v) is 10.0. The van der Waals surface area contributed by atoms with Crippen molar-refractivity contribution in [1.82, 2.24) is 9.47 Å². The van der Waals surface area contributed by atoms with Gasteiger partial charge in [-0.1, -0.05) is 58.4 Å². The number of amides is 1. The third-order valence-corrected chi connectivity index (χ3v) is 5.66. The van der Waals surface area contributed by atoms with Gasteiger partial charge in [0.15, 0.2) is 0 Å². The molecule has 0 saturated heterocycles. The Labute approximate surface area is 182 Å². The van der Waals surface area contributed by atoms with Crippen LogP contribution in [-0.2, 0) is 17.9 Å². The van der Waals surface area contributed by atoms with E-state index in [1.54, 1.807) is 0 Å². The van der Waals surface area contributed by atoms with Gasteiger partial charge in [-0.15, -0.1) is 0 Å². The molecule has 1 aromatic carbocycles. The van der Waals surface area contributed by atoms with Gasteiger partial charge in [-0.2, -0.15) is 0 Å². The molecule has 4 heteroatoms. The fraction of sp³-hybridized carbons (Fsp3) is 0.560. The molecule has 0 radical (unpaired) electrons. The fourth-order valence-corrected chi connectivity index (χ4v) is 4.21. The number of carbonyl (C=O) groups excluding carboxylic acids is 1. The smallest absolute Gasteiger partial charge is 0.223 e. The molecule has 1 amide bonds. The molecule has 0 bridgehead atoms.